The van der Waals surface area contributed by atoms with E-state index >= 15 is 0 Å². The second-order valence-electron chi connectivity index (χ2n) is 4.27. The van der Waals surface area contributed by atoms with Crippen molar-refractivity contribution in [3.63, 3.8) is 0 Å². The number of oxazole rings is 1. The maximum atomic E-state index is 5.83. The van der Waals surface area contributed by atoms with E-state index in [1.54, 1.807) is 19.2 Å². The fourth-order valence-electron chi connectivity index (χ4n) is 1.91. The topological polar surface area (TPSA) is 70.5 Å². The molecule has 20 heavy (non-hydrogen) atoms. The molecule has 0 saturated carbocycles. The Hall–Kier alpha value is -2.69. The molecule has 0 aliphatic carbocycles. The molecule has 0 saturated heterocycles. The second-order valence-corrected chi connectivity index (χ2v) is 4.27. The maximum absolute atomic E-state index is 5.83. The van der Waals surface area contributed by atoms with Crippen molar-refractivity contribution in [2.45, 2.75) is 6.61 Å². The molecule has 0 aliphatic heterocycles. The number of aromatic nitrogens is 1. The van der Waals surface area contributed by atoms with Crippen LogP contribution in [0.2, 0.25) is 0 Å². The first-order chi connectivity index (χ1) is 9.76. The second kappa shape index (κ2) is 5.13. The van der Waals surface area contributed by atoms with Gasteiger partial charge in [0.2, 0.25) is 5.89 Å². The lowest BCUT2D eigenvalue weighted by Crippen LogP contribution is -1.96. The minimum atomic E-state index is 0.237. The first kappa shape index (κ1) is 12.3. The zero-order chi connectivity index (χ0) is 13.9. The number of hydrogen-bond donors (Lipinski definition) is 1. The number of benzene rings is 2. The highest BCUT2D eigenvalue weighted by molar-refractivity contribution is 5.85. The monoisotopic (exact) mass is 270 g/mol. The number of fused-ring (bicyclic) bond motifs is 1. The Morgan fingerprint density at radius 2 is 1.95 bits per heavy atom. The van der Waals surface area contributed by atoms with Crippen LogP contribution >= 0.6 is 0 Å². The molecule has 0 radical (unpaired) electrons. The molecule has 0 spiro atoms. The van der Waals surface area contributed by atoms with Gasteiger partial charge in [-0.05, 0) is 24.3 Å². The Bertz CT molecular complexity index is 737. The van der Waals surface area contributed by atoms with Gasteiger partial charge in [-0.2, -0.15) is 0 Å². The standard InChI is InChI=1S/C15H14N2O3/c1-18-10-4-2-5-11(8-10)19-9-14-17-15-12(16)6-3-7-13(15)20-14/h2-8H,9,16H2,1H3. The van der Waals surface area contributed by atoms with Gasteiger partial charge in [-0.1, -0.05) is 12.1 Å². The third kappa shape index (κ3) is 2.38. The fraction of sp³-hybridized carbons (Fsp3) is 0.133. The molecule has 2 aromatic carbocycles. The zero-order valence-corrected chi connectivity index (χ0v) is 11.0. The zero-order valence-electron chi connectivity index (χ0n) is 11.0. The van der Waals surface area contributed by atoms with Crippen LogP contribution < -0.4 is 15.2 Å². The summed E-state index contributed by atoms with van der Waals surface area (Å²) in [6.07, 6.45) is 0. The Kier molecular flexibility index (Phi) is 3.16. The summed E-state index contributed by atoms with van der Waals surface area (Å²) in [4.78, 5) is 4.32. The van der Waals surface area contributed by atoms with E-state index in [0.29, 0.717) is 28.4 Å². The summed E-state index contributed by atoms with van der Waals surface area (Å²) in [7, 11) is 1.61. The normalized spacial score (nSPS) is 10.7. The number of anilines is 1. The molecular weight excluding hydrogens is 256 g/mol. The van der Waals surface area contributed by atoms with Gasteiger partial charge in [-0.25, -0.2) is 4.98 Å². The molecule has 1 aromatic heterocycles. The van der Waals surface area contributed by atoms with Crippen molar-refractivity contribution >= 4 is 16.8 Å². The van der Waals surface area contributed by atoms with E-state index in [0.717, 1.165) is 5.75 Å². The summed E-state index contributed by atoms with van der Waals surface area (Å²) in [6, 6.07) is 12.8. The van der Waals surface area contributed by atoms with E-state index in [9.17, 15) is 0 Å². The molecule has 2 N–H and O–H groups in total. The number of methoxy groups -OCH3 is 1. The van der Waals surface area contributed by atoms with Crippen molar-refractivity contribution in [1.29, 1.82) is 0 Å². The molecule has 0 aliphatic rings. The average Bonchev–Trinajstić information content (AvgIpc) is 2.90. The molecular formula is C15H14N2O3. The summed E-state index contributed by atoms with van der Waals surface area (Å²) < 4.78 is 16.3. The number of nitrogens with zero attached hydrogens (tertiary/aromatic N) is 1. The first-order valence-electron chi connectivity index (χ1n) is 6.17. The highest BCUT2D eigenvalue weighted by Crippen LogP contribution is 2.23. The van der Waals surface area contributed by atoms with E-state index in [-0.39, 0.29) is 6.61 Å². The van der Waals surface area contributed by atoms with Gasteiger partial charge in [0.05, 0.1) is 12.8 Å². The van der Waals surface area contributed by atoms with Gasteiger partial charge in [0, 0.05) is 6.07 Å². The van der Waals surface area contributed by atoms with Crippen LogP contribution in [-0.4, -0.2) is 12.1 Å². The number of rotatable bonds is 4. The van der Waals surface area contributed by atoms with E-state index in [1.807, 2.05) is 30.3 Å². The van der Waals surface area contributed by atoms with Crippen molar-refractivity contribution in [3.8, 4) is 11.5 Å². The number of hydrogen-bond acceptors (Lipinski definition) is 5. The predicted octanol–water partition coefficient (Wildman–Crippen LogP) is 3.00. The lowest BCUT2D eigenvalue weighted by Gasteiger charge is -2.05. The van der Waals surface area contributed by atoms with E-state index in [4.69, 9.17) is 19.6 Å². The van der Waals surface area contributed by atoms with Crippen LogP contribution in [0.4, 0.5) is 5.69 Å². The number of nitrogen functional groups attached to an aromatic ring is 1. The minimum absolute atomic E-state index is 0.237. The number of para-hydroxylation sites is 1. The Morgan fingerprint density at radius 3 is 2.75 bits per heavy atom. The Labute approximate surface area is 115 Å². The minimum Gasteiger partial charge on any atom is -0.497 e. The molecule has 1 heterocycles. The van der Waals surface area contributed by atoms with Crippen molar-refractivity contribution in [3.05, 3.63) is 48.4 Å². The van der Waals surface area contributed by atoms with E-state index < -0.39 is 0 Å². The van der Waals surface area contributed by atoms with Gasteiger partial charge in [-0.15, -0.1) is 0 Å². The predicted molar refractivity (Wildman–Crippen MR) is 75.7 cm³/mol. The van der Waals surface area contributed by atoms with Gasteiger partial charge in [0.15, 0.2) is 12.2 Å². The van der Waals surface area contributed by atoms with E-state index in [1.165, 1.54) is 0 Å². The van der Waals surface area contributed by atoms with Crippen LogP contribution in [0.3, 0.4) is 0 Å². The van der Waals surface area contributed by atoms with Crippen molar-refractivity contribution in [2.75, 3.05) is 12.8 Å². The van der Waals surface area contributed by atoms with Gasteiger partial charge < -0.3 is 19.6 Å². The Balaban J connectivity index is 1.78. The molecule has 0 unspecified atom stereocenters. The van der Waals surface area contributed by atoms with Crippen molar-refractivity contribution < 1.29 is 13.9 Å². The van der Waals surface area contributed by atoms with Crippen LogP contribution in [0.15, 0.2) is 46.9 Å². The van der Waals surface area contributed by atoms with Gasteiger partial charge >= 0.3 is 0 Å². The SMILES string of the molecule is COc1cccc(OCc2nc3c(N)cccc3o2)c1. The largest absolute Gasteiger partial charge is 0.497 e. The summed E-state index contributed by atoms with van der Waals surface area (Å²) >= 11 is 0. The summed E-state index contributed by atoms with van der Waals surface area (Å²) in [5, 5.41) is 0. The third-order valence-electron chi connectivity index (χ3n) is 2.90. The molecule has 0 bridgehead atoms. The quantitative estimate of drug-likeness (QED) is 0.738. The summed E-state index contributed by atoms with van der Waals surface area (Å²) in [6.45, 7) is 0.237. The molecule has 3 rings (SSSR count). The molecule has 3 aromatic rings. The first-order valence-corrected chi connectivity index (χ1v) is 6.17. The third-order valence-corrected chi connectivity index (χ3v) is 2.90. The van der Waals surface area contributed by atoms with Crippen LogP contribution in [-0.2, 0) is 6.61 Å². The van der Waals surface area contributed by atoms with Crippen LogP contribution in [0, 0.1) is 0 Å². The van der Waals surface area contributed by atoms with E-state index in [2.05, 4.69) is 4.98 Å². The molecule has 102 valence electrons. The molecule has 0 fully saturated rings. The highest BCUT2D eigenvalue weighted by Gasteiger charge is 2.08. The van der Waals surface area contributed by atoms with Crippen molar-refractivity contribution in [1.82, 2.24) is 4.98 Å². The molecule has 5 heteroatoms. The average molecular weight is 270 g/mol. The summed E-state index contributed by atoms with van der Waals surface area (Å²) in [5.41, 5.74) is 7.76. The van der Waals surface area contributed by atoms with Crippen LogP contribution in [0.5, 0.6) is 11.5 Å². The maximum Gasteiger partial charge on any atom is 0.233 e. The molecule has 0 amide bonds. The van der Waals surface area contributed by atoms with Gasteiger partial charge in [-0.3, -0.25) is 0 Å². The number of ether oxygens (including phenoxy) is 2. The smallest absolute Gasteiger partial charge is 0.233 e. The highest BCUT2D eigenvalue weighted by atomic mass is 16.5. The van der Waals surface area contributed by atoms with Gasteiger partial charge in [0.25, 0.3) is 0 Å². The molecule has 5 nitrogen and oxygen atoms in total. The lowest BCUT2D eigenvalue weighted by atomic mass is 10.3. The molecule has 0 atom stereocenters. The number of nitrogens with two attached hydrogens (primary N) is 1. The van der Waals surface area contributed by atoms with Crippen molar-refractivity contribution in [2.24, 2.45) is 0 Å². The van der Waals surface area contributed by atoms with Gasteiger partial charge in [0.1, 0.15) is 17.0 Å². The summed E-state index contributed by atoms with van der Waals surface area (Å²) in [5.74, 6) is 1.92. The Morgan fingerprint density at radius 1 is 1.15 bits per heavy atom. The van der Waals surface area contributed by atoms with Crippen LogP contribution in [0.1, 0.15) is 5.89 Å². The lowest BCUT2D eigenvalue weighted by molar-refractivity contribution is 0.266. The fourth-order valence-corrected chi connectivity index (χ4v) is 1.91. The van der Waals surface area contributed by atoms with Crippen LogP contribution in [0.25, 0.3) is 11.1 Å².